The Bertz CT molecular complexity index is 471. The summed E-state index contributed by atoms with van der Waals surface area (Å²) >= 11 is 0. The highest BCUT2D eigenvalue weighted by molar-refractivity contribution is 14.0. The summed E-state index contributed by atoms with van der Waals surface area (Å²) in [5.41, 5.74) is 5.83. The molecule has 0 aromatic carbocycles. The number of nitrogens with two attached hydrogens (primary N) is 1. The Hall–Kier alpha value is -0.610. The van der Waals surface area contributed by atoms with Gasteiger partial charge >= 0.3 is 0 Å². The molecule has 1 heterocycles. The maximum absolute atomic E-state index is 11.4. The van der Waals surface area contributed by atoms with Crippen molar-refractivity contribution in [3.63, 3.8) is 0 Å². The molecule has 1 aliphatic heterocycles. The molecule has 1 amide bonds. The number of rotatable bonds is 10. The molecule has 0 aromatic rings. The first kappa shape index (κ1) is 24.4. The van der Waals surface area contributed by atoms with Crippen molar-refractivity contribution in [3.05, 3.63) is 0 Å². The number of guanidine groups is 1. The summed E-state index contributed by atoms with van der Waals surface area (Å²) in [4.78, 5) is 18.0. The van der Waals surface area contributed by atoms with Crippen LogP contribution in [0.15, 0.2) is 4.99 Å². The minimum atomic E-state index is -0.157. The van der Waals surface area contributed by atoms with E-state index in [1.54, 1.807) is 7.11 Å². The van der Waals surface area contributed by atoms with Gasteiger partial charge < -0.3 is 26.0 Å². The van der Waals surface area contributed by atoms with Crippen molar-refractivity contribution in [2.75, 3.05) is 53.5 Å². The summed E-state index contributed by atoms with van der Waals surface area (Å²) < 4.78 is 5.26. The van der Waals surface area contributed by atoms with Gasteiger partial charge in [-0.2, -0.15) is 0 Å². The number of likely N-dealkylation sites (tertiary alicyclic amines) is 1. The van der Waals surface area contributed by atoms with E-state index in [4.69, 9.17) is 10.5 Å². The van der Waals surface area contributed by atoms with Crippen LogP contribution in [0.5, 0.6) is 0 Å². The summed E-state index contributed by atoms with van der Waals surface area (Å²) in [6.07, 6.45) is 8.01. The van der Waals surface area contributed by atoms with Crippen LogP contribution in [0.1, 0.15) is 44.9 Å². The molecule has 2 rings (SSSR count). The first-order valence-electron chi connectivity index (χ1n) is 10.0. The van der Waals surface area contributed by atoms with Gasteiger partial charge in [0.2, 0.25) is 5.91 Å². The number of halogens is 1. The summed E-state index contributed by atoms with van der Waals surface area (Å²) in [6, 6.07) is 0. The van der Waals surface area contributed by atoms with E-state index in [-0.39, 0.29) is 35.8 Å². The average Bonchev–Trinajstić information content (AvgIpc) is 2.62. The van der Waals surface area contributed by atoms with Crippen molar-refractivity contribution in [1.82, 2.24) is 15.5 Å². The fourth-order valence-electron chi connectivity index (χ4n) is 4.00. The standard InChI is InChI=1S/C19H37N5O2.HI/c1-21-18(23-15-19(7-4-8-19)9-13-26-2)22-10-5-12-24-11-3-6-16(14-24)17(20)25;/h16H,3-15H2,1-2H3,(H2,20,25)(H2,21,22,23);1H. The zero-order valence-electron chi connectivity index (χ0n) is 17.0. The third kappa shape index (κ3) is 8.11. The quantitative estimate of drug-likeness (QED) is 0.185. The minimum Gasteiger partial charge on any atom is -0.385 e. The average molecular weight is 495 g/mol. The number of nitrogens with zero attached hydrogens (tertiary/aromatic N) is 2. The smallest absolute Gasteiger partial charge is 0.221 e. The lowest BCUT2D eigenvalue weighted by Gasteiger charge is -2.42. The summed E-state index contributed by atoms with van der Waals surface area (Å²) in [5, 5.41) is 6.90. The third-order valence-corrected chi connectivity index (χ3v) is 5.96. The van der Waals surface area contributed by atoms with E-state index in [2.05, 4.69) is 20.5 Å². The van der Waals surface area contributed by atoms with Crippen LogP contribution in [-0.2, 0) is 9.53 Å². The van der Waals surface area contributed by atoms with Crippen LogP contribution in [-0.4, -0.2) is 70.3 Å². The highest BCUT2D eigenvalue weighted by Crippen LogP contribution is 2.43. The summed E-state index contributed by atoms with van der Waals surface area (Å²) in [5.74, 6) is 0.745. The summed E-state index contributed by atoms with van der Waals surface area (Å²) in [7, 11) is 3.59. The maximum atomic E-state index is 11.4. The molecule has 1 unspecified atom stereocenters. The predicted molar refractivity (Wildman–Crippen MR) is 121 cm³/mol. The van der Waals surface area contributed by atoms with Crippen LogP contribution < -0.4 is 16.4 Å². The molecule has 1 saturated carbocycles. The molecule has 27 heavy (non-hydrogen) atoms. The van der Waals surface area contributed by atoms with Crippen molar-refractivity contribution < 1.29 is 9.53 Å². The molecule has 158 valence electrons. The monoisotopic (exact) mass is 495 g/mol. The van der Waals surface area contributed by atoms with Crippen LogP contribution in [0, 0.1) is 11.3 Å². The van der Waals surface area contributed by atoms with Crippen molar-refractivity contribution in [3.8, 4) is 0 Å². The van der Waals surface area contributed by atoms with Gasteiger partial charge in [-0.15, -0.1) is 24.0 Å². The Morgan fingerprint density at radius 1 is 1.33 bits per heavy atom. The Morgan fingerprint density at radius 2 is 2.11 bits per heavy atom. The highest BCUT2D eigenvalue weighted by atomic mass is 127. The number of methoxy groups -OCH3 is 1. The molecule has 0 bridgehead atoms. The van der Waals surface area contributed by atoms with Gasteiger partial charge in [0.1, 0.15) is 0 Å². The molecule has 1 saturated heterocycles. The molecule has 4 N–H and O–H groups in total. The van der Waals surface area contributed by atoms with Crippen LogP contribution in [0.25, 0.3) is 0 Å². The Morgan fingerprint density at radius 3 is 2.70 bits per heavy atom. The molecule has 0 spiro atoms. The number of amides is 1. The van der Waals surface area contributed by atoms with Crippen molar-refractivity contribution in [1.29, 1.82) is 0 Å². The van der Waals surface area contributed by atoms with E-state index in [9.17, 15) is 4.79 Å². The lowest BCUT2D eigenvalue weighted by molar-refractivity contribution is -0.123. The molecular formula is C19H38IN5O2. The number of ether oxygens (including phenoxy) is 1. The first-order valence-corrected chi connectivity index (χ1v) is 10.0. The van der Waals surface area contributed by atoms with E-state index >= 15 is 0 Å². The van der Waals surface area contributed by atoms with Crippen LogP contribution in [0.3, 0.4) is 0 Å². The lowest BCUT2D eigenvalue weighted by Crippen LogP contribution is -2.47. The van der Waals surface area contributed by atoms with Crippen LogP contribution >= 0.6 is 24.0 Å². The lowest BCUT2D eigenvalue weighted by atomic mass is 9.67. The molecule has 1 aliphatic carbocycles. The van der Waals surface area contributed by atoms with Crippen molar-refractivity contribution >= 4 is 35.8 Å². The number of hydrogen-bond donors (Lipinski definition) is 3. The normalized spacial score (nSPS) is 22.4. The fourth-order valence-corrected chi connectivity index (χ4v) is 4.00. The zero-order valence-corrected chi connectivity index (χ0v) is 19.3. The van der Waals surface area contributed by atoms with E-state index in [0.29, 0.717) is 5.41 Å². The van der Waals surface area contributed by atoms with Gasteiger partial charge in [0.15, 0.2) is 5.96 Å². The van der Waals surface area contributed by atoms with Gasteiger partial charge in [-0.1, -0.05) is 6.42 Å². The number of carbonyl (C=O) groups excluding carboxylic acids is 1. The van der Waals surface area contributed by atoms with E-state index in [1.165, 1.54) is 19.3 Å². The second kappa shape index (κ2) is 12.8. The molecule has 7 nitrogen and oxygen atoms in total. The second-order valence-corrected chi connectivity index (χ2v) is 7.84. The van der Waals surface area contributed by atoms with Gasteiger partial charge in [0.25, 0.3) is 0 Å². The molecule has 2 aliphatic rings. The third-order valence-electron chi connectivity index (χ3n) is 5.96. The predicted octanol–water partition coefficient (Wildman–Crippen LogP) is 1.56. The Labute approximate surface area is 181 Å². The van der Waals surface area contributed by atoms with Gasteiger partial charge in [-0.3, -0.25) is 9.79 Å². The van der Waals surface area contributed by atoms with Crippen LogP contribution in [0.2, 0.25) is 0 Å². The number of aliphatic imine (C=N–C) groups is 1. The fraction of sp³-hybridized carbons (Fsp3) is 0.895. The minimum absolute atomic E-state index is 0. The number of hydrogen-bond acceptors (Lipinski definition) is 4. The zero-order chi connectivity index (χ0) is 18.8. The first-order chi connectivity index (χ1) is 12.6. The molecule has 0 aromatic heterocycles. The molecule has 0 radical (unpaired) electrons. The SMILES string of the molecule is CN=C(NCCCN1CCCC(C(N)=O)C1)NCC1(CCOC)CCC1.I. The van der Waals surface area contributed by atoms with Crippen molar-refractivity contribution in [2.24, 2.45) is 22.1 Å². The maximum Gasteiger partial charge on any atom is 0.221 e. The number of carbonyl (C=O) groups is 1. The molecule has 1 atom stereocenters. The Balaban J connectivity index is 0.00000364. The second-order valence-electron chi connectivity index (χ2n) is 7.84. The van der Waals surface area contributed by atoms with Crippen LogP contribution in [0.4, 0.5) is 0 Å². The van der Waals surface area contributed by atoms with E-state index < -0.39 is 0 Å². The van der Waals surface area contributed by atoms with Gasteiger partial charge in [0.05, 0.1) is 5.92 Å². The molecular weight excluding hydrogens is 457 g/mol. The molecule has 8 heteroatoms. The number of primary amides is 1. The van der Waals surface area contributed by atoms with E-state index in [0.717, 1.165) is 71.0 Å². The largest absolute Gasteiger partial charge is 0.385 e. The molecule has 2 fully saturated rings. The summed E-state index contributed by atoms with van der Waals surface area (Å²) in [6.45, 7) is 5.54. The number of piperidine rings is 1. The van der Waals surface area contributed by atoms with Gasteiger partial charge in [-0.05, 0) is 57.0 Å². The number of nitrogens with one attached hydrogen (secondary N) is 2. The Kier molecular flexibility index (Phi) is 11.6. The van der Waals surface area contributed by atoms with E-state index in [1.807, 2.05) is 7.05 Å². The van der Waals surface area contributed by atoms with Gasteiger partial charge in [0, 0.05) is 40.4 Å². The van der Waals surface area contributed by atoms with Gasteiger partial charge in [-0.25, -0.2) is 0 Å². The topological polar surface area (TPSA) is 92.0 Å². The highest BCUT2D eigenvalue weighted by Gasteiger charge is 2.36. The van der Waals surface area contributed by atoms with Crippen molar-refractivity contribution in [2.45, 2.75) is 44.9 Å².